The van der Waals surface area contributed by atoms with Crippen LogP contribution in [0.1, 0.15) is 25.8 Å². The predicted octanol–water partition coefficient (Wildman–Crippen LogP) is 0.00500. The van der Waals surface area contributed by atoms with Crippen molar-refractivity contribution >= 4 is 15.9 Å². The van der Waals surface area contributed by atoms with Gasteiger partial charge in [0.25, 0.3) is 5.91 Å². The Kier molecular flexibility index (Phi) is 6.59. The van der Waals surface area contributed by atoms with Crippen LogP contribution in [0.3, 0.4) is 0 Å². The maximum Gasteiger partial charge on any atom is 0.280 e. The molecule has 7 heteroatoms. The summed E-state index contributed by atoms with van der Waals surface area (Å²) in [7, 11) is 0.0476. The fourth-order valence-electron chi connectivity index (χ4n) is 3.27. The van der Waals surface area contributed by atoms with Crippen molar-refractivity contribution in [2.45, 2.75) is 37.6 Å². The summed E-state index contributed by atoms with van der Waals surface area (Å²) in [5, 5.41) is 0. The number of nitrogens with zero attached hydrogens (tertiary/aromatic N) is 2. The van der Waals surface area contributed by atoms with Crippen molar-refractivity contribution in [3.8, 4) is 0 Å². The van der Waals surface area contributed by atoms with Gasteiger partial charge in [0.05, 0.1) is 31.1 Å². The Morgan fingerprint density at radius 3 is 2.24 bits per heavy atom. The van der Waals surface area contributed by atoms with E-state index >= 15 is 0 Å². The number of nitrogens with one attached hydrogen (secondary N) is 1. The average molecular weight is 369 g/mol. The van der Waals surface area contributed by atoms with Crippen molar-refractivity contribution in [2.75, 3.05) is 40.3 Å². The monoisotopic (exact) mass is 368 g/mol. The Balaban J connectivity index is 2.02. The van der Waals surface area contributed by atoms with Crippen LogP contribution in [-0.2, 0) is 21.2 Å². The number of aryl methyl sites for hydroxylation is 1. The number of amides is 1. The third kappa shape index (κ3) is 4.59. The van der Waals surface area contributed by atoms with Crippen LogP contribution in [0.15, 0.2) is 29.2 Å². The third-order valence-electron chi connectivity index (χ3n) is 4.89. The summed E-state index contributed by atoms with van der Waals surface area (Å²) in [6, 6.07) is 7.06. The first kappa shape index (κ1) is 19.9. The van der Waals surface area contributed by atoms with Gasteiger partial charge in [-0.3, -0.25) is 4.79 Å². The zero-order valence-corrected chi connectivity index (χ0v) is 16.5. The number of quaternary nitrogens is 1. The number of piperazine rings is 1. The molecule has 0 aliphatic carbocycles. The molecule has 2 rings (SSSR count). The van der Waals surface area contributed by atoms with Gasteiger partial charge in [0.2, 0.25) is 10.0 Å². The lowest BCUT2D eigenvalue weighted by atomic mass is 10.1. The summed E-state index contributed by atoms with van der Waals surface area (Å²) in [5.74, 6) is 0.0813. The van der Waals surface area contributed by atoms with Crippen LogP contribution in [0.5, 0.6) is 0 Å². The molecular weight excluding hydrogens is 338 g/mol. The van der Waals surface area contributed by atoms with Crippen molar-refractivity contribution in [1.29, 1.82) is 0 Å². The zero-order chi connectivity index (χ0) is 18.6. The van der Waals surface area contributed by atoms with Crippen LogP contribution in [0, 0.1) is 0 Å². The van der Waals surface area contributed by atoms with Gasteiger partial charge in [-0.2, -0.15) is 4.31 Å². The maximum atomic E-state index is 12.8. The number of carbonyl (C=O) groups is 1. The first-order chi connectivity index (χ1) is 11.8. The predicted molar refractivity (Wildman–Crippen MR) is 98.0 cm³/mol. The van der Waals surface area contributed by atoms with E-state index in [9.17, 15) is 13.2 Å². The topological polar surface area (TPSA) is 62.1 Å². The van der Waals surface area contributed by atoms with E-state index in [1.807, 2.05) is 19.1 Å². The van der Waals surface area contributed by atoms with Gasteiger partial charge in [-0.25, -0.2) is 8.42 Å². The van der Waals surface area contributed by atoms with Crippen LogP contribution in [0.4, 0.5) is 0 Å². The molecule has 1 atom stereocenters. The van der Waals surface area contributed by atoms with E-state index in [0.29, 0.717) is 31.1 Å². The first-order valence-electron chi connectivity index (χ1n) is 8.92. The Hall–Kier alpha value is -1.44. The van der Waals surface area contributed by atoms with Crippen LogP contribution in [0.2, 0.25) is 0 Å². The molecule has 0 unspecified atom stereocenters. The Bertz CT molecular complexity index is 678. The van der Waals surface area contributed by atoms with Gasteiger partial charge in [0.15, 0.2) is 6.04 Å². The van der Waals surface area contributed by atoms with Crippen molar-refractivity contribution < 1.29 is 18.1 Å². The summed E-state index contributed by atoms with van der Waals surface area (Å²) < 4.78 is 27.2. The van der Waals surface area contributed by atoms with Crippen LogP contribution >= 0.6 is 0 Å². The van der Waals surface area contributed by atoms with E-state index in [1.54, 1.807) is 31.1 Å². The Morgan fingerprint density at radius 1 is 1.20 bits per heavy atom. The lowest BCUT2D eigenvalue weighted by Crippen LogP contribution is -3.19. The number of benzene rings is 1. The second-order valence-electron chi connectivity index (χ2n) is 6.91. The summed E-state index contributed by atoms with van der Waals surface area (Å²) in [4.78, 5) is 15.2. The molecule has 1 heterocycles. The Labute approximate surface area is 151 Å². The molecule has 1 amide bonds. The average Bonchev–Trinajstić information content (AvgIpc) is 2.61. The van der Waals surface area contributed by atoms with E-state index in [0.717, 1.165) is 23.3 Å². The molecule has 0 radical (unpaired) electrons. The third-order valence-corrected chi connectivity index (χ3v) is 6.80. The molecule has 1 aromatic carbocycles. The molecular formula is C18H30N3O3S+. The van der Waals surface area contributed by atoms with E-state index in [4.69, 9.17) is 0 Å². The number of likely N-dealkylation sites (N-methyl/N-ethyl adjacent to an activating group) is 1. The quantitative estimate of drug-likeness (QED) is 0.769. The highest BCUT2D eigenvalue weighted by Crippen LogP contribution is 2.17. The number of carbonyl (C=O) groups excluding carboxylic acids is 1. The highest BCUT2D eigenvalue weighted by atomic mass is 32.2. The summed E-state index contributed by atoms with van der Waals surface area (Å²) >= 11 is 0. The molecule has 0 aromatic heterocycles. The molecule has 1 fully saturated rings. The lowest BCUT2D eigenvalue weighted by Gasteiger charge is -2.34. The number of hydrogen-bond acceptors (Lipinski definition) is 3. The van der Waals surface area contributed by atoms with E-state index < -0.39 is 10.0 Å². The number of sulfonamides is 1. The summed E-state index contributed by atoms with van der Waals surface area (Å²) in [6.45, 7) is 6.20. The molecule has 1 N–H and O–H groups in total. The van der Waals surface area contributed by atoms with Crippen molar-refractivity contribution in [2.24, 2.45) is 0 Å². The maximum absolute atomic E-state index is 12.8. The van der Waals surface area contributed by atoms with Crippen LogP contribution in [-0.4, -0.2) is 69.8 Å². The van der Waals surface area contributed by atoms with Crippen molar-refractivity contribution in [3.05, 3.63) is 29.8 Å². The molecule has 1 aliphatic rings. The zero-order valence-electron chi connectivity index (χ0n) is 15.7. The molecule has 1 saturated heterocycles. The fraction of sp³-hybridized carbons (Fsp3) is 0.611. The van der Waals surface area contributed by atoms with Crippen LogP contribution in [0.25, 0.3) is 0 Å². The summed E-state index contributed by atoms with van der Waals surface area (Å²) in [6.07, 6.45) is 2.00. The van der Waals surface area contributed by atoms with Crippen molar-refractivity contribution in [3.63, 3.8) is 0 Å². The van der Waals surface area contributed by atoms with Gasteiger partial charge in [0.1, 0.15) is 0 Å². The summed E-state index contributed by atoms with van der Waals surface area (Å²) in [5.41, 5.74) is 1.16. The first-order valence-corrected chi connectivity index (χ1v) is 10.4. The van der Waals surface area contributed by atoms with Crippen LogP contribution < -0.4 is 4.90 Å². The lowest BCUT2D eigenvalue weighted by molar-refractivity contribution is -0.917. The van der Waals surface area contributed by atoms with Crippen molar-refractivity contribution in [1.82, 2.24) is 9.21 Å². The molecule has 6 nitrogen and oxygen atoms in total. The van der Waals surface area contributed by atoms with Gasteiger partial charge >= 0.3 is 0 Å². The number of hydrogen-bond donors (Lipinski definition) is 1. The van der Waals surface area contributed by atoms with Gasteiger partial charge in [0, 0.05) is 14.1 Å². The van der Waals surface area contributed by atoms with Gasteiger partial charge in [-0.15, -0.1) is 0 Å². The molecule has 1 aromatic rings. The second-order valence-corrected chi connectivity index (χ2v) is 8.85. The SMILES string of the molecule is CCCc1ccc(S(=O)(=O)N2CC[NH+]([C@@H](C)C(=O)N(C)C)CC2)cc1. The molecule has 140 valence electrons. The van der Waals surface area contributed by atoms with Gasteiger partial charge in [-0.1, -0.05) is 25.5 Å². The number of rotatable bonds is 6. The second kappa shape index (κ2) is 8.29. The minimum atomic E-state index is -3.45. The van der Waals surface area contributed by atoms with E-state index in [2.05, 4.69) is 6.92 Å². The normalized spacial score (nSPS) is 18.1. The molecule has 1 aliphatic heterocycles. The Morgan fingerprint density at radius 2 is 1.76 bits per heavy atom. The minimum absolute atomic E-state index is 0.0813. The largest absolute Gasteiger partial charge is 0.344 e. The molecule has 0 bridgehead atoms. The highest BCUT2D eigenvalue weighted by Gasteiger charge is 2.34. The standard InChI is InChI=1S/C18H29N3O3S/c1-5-6-16-7-9-17(10-8-16)25(23,24)21-13-11-20(12-14-21)15(2)18(22)19(3)4/h7-10,15H,5-6,11-14H2,1-4H3/p+1/t15-/m0/s1. The molecule has 0 saturated carbocycles. The smallest absolute Gasteiger partial charge is 0.280 e. The highest BCUT2D eigenvalue weighted by molar-refractivity contribution is 7.89. The molecule has 0 spiro atoms. The van der Waals surface area contributed by atoms with Gasteiger partial charge in [-0.05, 0) is 31.0 Å². The van der Waals surface area contributed by atoms with E-state index in [1.165, 1.54) is 4.31 Å². The molecule has 25 heavy (non-hydrogen) atoms. The van der Waals surface area contributed by atoms with Gasteiger partial charge < -0.3 is 9.80 Å². The van der Waals surface area contributed by atoms with E-state index in [-0.39, 0.29) is 11.9 Å². The fourth-order valence-corrected chi connectivity index (χ4v) is 4.72. The minimum Gasteiger partial charge on any atom is -0.344 e.